The van der Waals surface area contributed by atoms with E-state index in [1.807, 2.05) is 13.8 Å². The number of nitrogens with zero attached hydrogens (tertiary/aromatic N) is 1. The third-order valence-electron chi connectivity index (χ3n) is 4.08. The normalized spacial score (nSPS) is 10.8. The van der Waals surface area contributed by atoms with E-state index in [0.717, 1.165) is 0 Å². The van der Waals surface area contributed by atoms with Crippen LogP contribution < -0.4 is 19.5 Å². The molecule has 0 aliphatic rings. The Labute approximate surface area is 149 Å². The van der Waals surface area contributed by atoms with Crippen LogP contribution in [0.15, 0.2) is 12.1 Å². The molecule has 25 heavy (non-hydrogen) atoms. The Morgan fingerprint density at radius 3 is 1.84 bits per heavy atom. The van der Waals surface area contributed by atoms with Crippen molar-refractivity contribution in [1.29, 1.82) is 0 Å². The van der Waals surface area contributed by atoms with Crippen molar-refractivity contribution in [3.63, 3.8) is 0 Å². The average Bonchev–Trinajstić information content (AvgIpc) is 2.61. The second-order valence-electron chi connectivity index (χ2n) is 5.97. The third kappa shape index (κ3) is 4.35. The van der Waals surface area contributed by atoms with E-state index in [-0.39, 0.29) is 5.91 Å². The van der Waals surface area contributed by atoms with Gasteiger partial charge in [-0.15, -0.1) is 0 Å². The summed E-state index contributed by atoms with van der Waals surface area (Å²) in [6.07, 6.45) is 0. The highest BCUT2D eigenvalue weighted by molar-refractivity contribution is 6.10. The quantitative estimate of drug-likeness (QED) is 0.728. The van der Waals surface area contributed by atoms with Crippen LogP contribution in [0.2, 0.25) is 0 Å². The van der Waals surface area contributed by atoms with Crippen molar-refractivity contribution >= 4 is 17.5 Å². The summed E-state index contributed by atoms with van der Waals surface area (Å²) in [6, 6.07) is 3.24. The Balaban J connectivity index is 3.12. The molecule has 0 saturated carbocycles. The summed E-state index contributed by atoms with van der Waals surface area (Å²) in [7, 11) is 4.50. The van der Waals surface area contributed by atoms with E-state index in [0.29, 0.717) is 36.0 Å². The van der Waals surface area contributed by atoms with Gasteiger partial charge in [0.05, 0.1) is 21.3 Å². The second kappa shape index (κ2) is 8.60. The van der Waals surface area contributed by atoms with Gasteiger partial charge in [0.2, 0.25) is 17.6 Å². The Bertz CT molecular complexity index is 599. The maximum absolute atomic E-state index is 12.7. The Morgan fingerprint density at radius 2 is 1.48 bits per heavy atom. The summed E-state index contributed by atoms with van der Waals surface area (Å²) in [4.78, 5) is 26.9. The van der Waals surface area contributed by atoms with Crippen LogP contribution in [0.4, 0.5) is 5.69 Å². The summed E-state index contributed by atoms with van der Waals surface area (Å²) in [5.74, 6) is 0.651. The van der Waals surface area contributed by atoms with Crippen molar-refractivity contribution in [1.82, 2.24) is 4.90 Å². The molecular weight excluding hydrogens is 324 g/mol. The molecule has 0 saturated heterocycles. The smallest absolute Gasteiger partial charge is 0.239 e. The number of ether oxygens (including phenoxy) is 3. The summed E-state index contributed by atoms with van der Waals surface area (Å²) in [5.41, 5.74) is -0.744. The zero-order valence-electron chi connectivity index (χ0n) is 16.1. The standard InChI is InChI=1S/C18H28N2O5/c1-8-20(9-2)17(22)18(3,4)16(21)19-12-10-13(23-5)15(25-7)14(11-12)24-6/h10-11H,8-9H2,1-7H3,(H,19,21). The monoisotopic (exact) mass is 352 g/mol. The number of hydrogen-bond donors (Lipinski definition) is 1. The zero-order valence-corrected chi connectivity index (χ0v) is 16.1. The van der Waals surface area contributed by atoms with Crippen molar-refractivity contribution in [2.45, 2.75) is 27.7 Å². The van der Waals surface area contributed by atoms with E-state index in [9.17, 15) is 9.59 Å². The maximum atomic E-state index is 12.7. The van der Waals surface area contributed by atoms with Crippen molar-refractivity contribution in [3.05, 3.63) is 12.1 Å². The number of amides is 2. The van der Waals surface area contributed by atoms with Crippen molar-refractivity contribution in [3.8, 4) is 17.2 Å². The molecule has 1 aromatic carbocycles. The van der Waals surface area contributed by atoms with Crippen molar-refractivity contribution in [2.24, 2.45) is 5.41 Å². The second-order valence-corrected chi connectivity index (χ2v) is 5.97. The first-order valence-corrected chi connectivity index (χ1v) is 8.17. The van der Waals surface area contributed by atoms with Gasteiger partial charge in [0.15, 0.2) is 11.5 Å². The van der Waals surface area contributed by atoms with Crippen LogP contribution in [0, 0.1) is 5.41 Å². The Kier molecular flexibility index (Phi) is 7.09. The lowest BCUT2D eigenvalue weighted by Crippen LogP contribution is -2.47. The largest absolute Gasteiger partial charge is 0.493 e. The van der Waals surface area contributed by atoms with E-state index < -0.39 is 11.3 Å². The predicted octanol–water partition coefficient (Wildman–Crippen LogP) is 2.55. The first kappa shape index (κ1) is 20.6. The summed E-state index contributed by atoms with van der Waals surface area (Å²) < 4.78 is 15.8. The highest BCUT2D eigenvalue weighted by Gasteiger charge is 2.38. The zero-order chi connectivity index (χ0) is 19.2. The highest BCUT2D eigenvalue weighted by atomic mass is 16.5. The van der Waals surface area contributed by atoms with Crippen LogP contribution in [0.1, 0.15) is 27.7 Å². The molecule has 7 nitrogen and oxygen atoms in total. The number of nitrogens with one attached hydrogen (secondary N) is 1. The number of hydrogen-bond acceptors (Lipinski definition) is 5. The first-order valence-electron chi connectivity index (χ1n) is 8.17. The van der Waals surface area contributed by atoms with E-state index in [1.165, 1.54) is 21.3 Å². The van der Waals surface area contributed by atoms with Crippen LogP contribution in [0.3, 0.4) is 0 Å². The minimum Gasteiger partial charge on any atom is -0.493 e. The highest BCUT2D eigenvalue weighted by Crippen LogP contribution is 2.40. The van der Waals surface area contributed by atoms with Gasteiger partial charge in [-0.25, -0.2) is 0 Å². The molecule has 1 aromatic rings. The van der Waals surface area contributed by atoms with E-state index in [4.69, 9.17) is 14.2 Å². The van der Waals surface area contributed by atoms with Gasteiger partial charge in [0.1, 0.15) is 5.41 Å². The van der Waals surface area contributed by atoms with Crippen LogP contribution in [-0.4, -0.2) is 51.1 Å². The molecule has 0 aliphatic heterocycles. The summed E-state index contributed by atoms with van der Waals surface area (Å²) in [5, 5.41) is 2.76. The molecule has 0 bridgehead atoms. The van der Waals surface area contributed by atoms with E-state index >= 15 is 0 Å². The van der Waals surface area contributed by atoms with Gasteiger partial charge >= 0.3 is 0 Å². The van der Waals surface area contributed by atoms with E-state index in [2.05, 4.69) is 5.32 Å². The molecule has 7 heteroatoms. The molecule has 0 heterocycles. The number of rotatable bonds is 8. The molecule has 0 radical (unpaired) electrons. The van der Waals surface area contributed by atoms with Gasteiger partial charge < -0.3 is 24.4 Å². The topological polar surface area (TPSA) is 77.1 Å². The van der Waals surface area contributed by atoms with Gasteiger partial charge in [0.25, 0.3) is 0 Å². The fraction of sp³-hybridized carbons (Fsp3) is 0.556. The van der Waals surface area contributed by atoms with E-state index in [1.54, 1.807) is 30.9 Å². The minimum absolute atomic E-state index is 0.220. The molecular formula is C18H28N2O5. The van der Waals surface area contributed by atoms with Crippen LogP contribution in [0.25, 0.3) is 0 Å². The van der Waals surface area contributed by atoms with Gasteiger partial charge in [-0.3, -0.25) is 9.59 Å². The average molecular weight is 352 g/mol. The Morgan fingerprint density at radius 1 is 1.00 bits per heavy atom. The molecule has 1 rings (SSSR count). The van der Waals surface area contributed by atoms with Crippen LogP contribution in [0.5, 0.6) is 17.2 Å². The first-order chi connectivity index (χ1) is 11.8. The lowest BCUT2D eigenvalue weighted by Gasteiger charge is -2.29. The van der Waals surface area contributed by atoms with Crippen LogP contribution >= 0.6 is 0 Å². The number of carbonyl (C=O) groups is 2. The fourth-order valence-electron chi connectivity index (χ4n) is 2.44. The summed E-state index contributed by atoms with van der Waals surface area (Å²) >= 11 is 0. The minimum atomic E-state index is -1.20. The fourth-order valence-corrected chi connectivity index (χ4v) is 2.44. The molecule has 0 aromatic heterocycles. The number of methoxy groups -OCH3 is 3. The molecule has 0 aliphatic carbocycles. The van der Waals surface area contributed by atoms with Gasteiger partial charge in [-0.2, -0.15) is 0 Å². The lowest BCUT2D eigenvalue weighted by molar-refractivity contribution is -0.146. The maximum Gasteiger partial charge on any atom is 0.239 e. The third-order valence-corrected chi connectivity index (χ3v) is 4.08. The van der Waals surface area contributed by atoms with Gasteiger partial charge in [-0.05, 0) is 27.7 Å². The number of carbonyl (C=O) groups excluding carboxylic acids is 2. The molecule has 1 N–H and O–H groups in total. The van der Waals surface area contributed by atoms with Crippen molar-refractivity contribution in [2.75, 3.05) is 39.7 Å². The molecule has 0 unspecified atom stereocenters. The lowest BCUT2D eigenvalue weighted by atomic mass is 9.90. The molecule has 140 valence electrons. The Hall–Kier alpha value is -2.44. The van der Waals surface area contributed by atoms with Gasteiger partial charge in [0, 0.05) is 30.9 Å². The van der Waals surface area contributed by atoms with Crippen LogP contribution in [-0.2, 0) is 9.59 Å². The van der Waals surface area contributed by atoms with Crippen molar-refractivity contribution < 1.29 is 23.8 Å². The van der Waals surface area contributed by atoms with Gasteiger partial charge in [-0.1, -0.05) is 0 Å². The SMILES string of the molecule is CCN(CC)C(=O)C(C)(C)C(=O)Nc1cc(OC)c(OC)c(OC)c1. The molecule has 0 spiro atoms. The molecule has 0 fully saturated rings. The molecule has 2 amide bonds. The summed E-state index contributed by atoms with van der Waals surface area (Å²) in [6.45, 7) is 8.09. The number of benzene rings is 1. The molecule has 0 atom stereocenters. The predicted molar refractivity (Wildman–Crippen MR) is 96.4 cm³/mol. The number of anilines is 1.